The van der Waals surface area contributed by atoms with Crippen LogP contribution >= 0.6 is 0 Å². The van der Waals surface area contributed by atoms with Crippen LogP contribution < -0.4 is 0 Å². The van der Waals surface area contributed by atoms with Crippen LogP contribution in [0.3, 0.4) is 0 Å². The molecule has 0 heterocycles. The van der Waals surface area contributed by atoms with Crippen molar-refractivity contribution in [2.75, 3.05) is 0 Å². The molecule has 0 amide bonds. The molecular weight excluding hydrogens is 189 g/mol. The van der Waals surface area contributed by atoms with E-state index in [0.717, 1.165) is 25.7 Å². The van der Waals surface area contributed by atoms with Gasteiger partial charge < -0.3 is 5.92 Å². The summed E-state index contributed by atoms with van der Waals surface area (Å²) in [5, 5.41) is 0. The Bertz CT molecular complexity index is 91.1. The van der Waals surface area contributed by atoms with Crippen LogP contribution in [0.4, 0.5) is 0 Å². The van der Waals surface area contributed by atoms with E-state index in [1.54, 1.807) is 0 Å². The Hall–Kier alpha value is 0.774. The number of Topliss-reactive ketones (excluding diaryl/α,β-unsaturated/α-hetero) is 1. The van der Waals surface area contributed by atoms with Gasteiger partial charge in [-0.1, -0.05) is 0 Å². The summed E-state index contributed by atoms with van der Waals surface area (Å²) in [7, 11) is 0. The Morgan fingerprint density at radius 3 is 2.11 bits per heavy atom. The number of rotatable bonds is 0. The van der Waals surface area contributed by atoms with E-state index in [2.05, 4.69) is 6.92 Å². The number of hydrogen-bond acceptors (Lipinski definition) is 1. The summed E-state index contributed by atoms with van der Waals surface area (Å²) >= 11 is 0. The van der Waals surface area contributed by atoms with Gasteiger partial charge in [0.05, 0.1) is 0 Å². The van der Waals surface area contributed by atoms with Crippen LogP contribution in [0.1, 0.15) is 32.6 Å². The summed E-state index contributed by atoms with van der Waals surface area (Å²) in [6, 6.07) is 0. The van der Waals surface area contributed by atoms with Crippen molar-refractivity contribution in [3.8, 4) is 0 Å². The number of hydrogen-bond donors (Lipinski definition) is 0. The molecule has 0 bridgehead atoms. The Morgan fingerprint density at radius 2 is 1.78 bits per heavy atom. The maximum atomic E-state index is 10.6. The minimum atomic E-state index is 0. The van der Waals surface area contributed by atoms with Gasteiger partial charge in [-0.3, -0.25) is 4.79 Å². The average Bonchev–Trinajstić information content (AvgIpc) is 1.77. The first kappa shape index (κ1) is 9.77. The second kappa shape index (κ2) is 4.57. The predicted octanol–water partition coefficient (Wildman–Crippen LogP) is 1.72. The fourth-order valence-corrected chi connectivity index (χ4v) is 0.956. The Balaban J connectivity index is 0.000000640. The molecule has 49 valence electrons. The van der Waals surface area contributed by atoms with Crippen LogP contribution in [-0.2, 0) is 37.5 Å². The molecule has 1 radical (unpaired) electrons. The molecule has 9 heavy (non-hydrogen) atoms. The van der Waals surface area contributed by atoms with E-state index in [-0.39, 0.29) is 32.7 Å². The molecule has 1 nitrogen and oxygen atoms in total. The van der Waals surface area contributed by atoms with E-state index in [1.165, 1.54) is 5.92 Å². The van der Waals surface area contributed by atoms with Gasteiger partial charge in [0.25, 0.3) is 0 Å². The topological polar surface area (TPSA) is 17.1 Å². The van der Waals surface area contributed by atoms with Gasteiger partial charge in [-0.15, -0.1) is 0 Å². The average molecular weight is 200 g/mol. The minimum Gasteiger partial charge on any atom is -0.316 e. The molecule has 0 saturated heterocycles. The van der Waals surface area contributed by atoms with Gasteiger partial charge in [0.15, 0.2) is 0 Å². The first-order valence-corrected chi connectivity index (χ1v) is 3.12. The fraction of sp³-hybridized carbons (Fsp3) is 0.714. The van der Waals surface area contributed by atoms with Gasteiger partial charge in [0, 0.05) is 32.7 Å². The van der Waals surface area contributed by atoms with E-state index in [1.807, 2.05) is 0 Å². The minimum absolute atomic E-state index is 0. The zero-order chi connectivity index (χ0) is 5.98. The van der Waals surface area contributed by atoms with Crippen molar-refractivity contribution in [3.63, 3.8) is 0 Å². The molecule has 0 atom stereocenters. The summed E-state index contributed by atoms with van der Waals surface area (Å²) in [6.07, 6.45) is 3.68. The molecule has 2 heteroatoms. The Labute approximate surface area is 81.5 Å². The molecule has 0 unspecified atom stereocenters. The van der Waals surface area contributed by atoms with E-state index in [0.29, 0.717) is 5.78 Å². The van der Waals surface area contributed by atoms with Gasteiger partial charge in [0.2, 0.25) is 0 Å². The Kier molecular flexibility index (Phi) is 4.96. The largest absolute Gasteiger partial charge is 0.316 e. The molecule has 1 saturated carbocycles. The number of carbonyl (C=O) groups excluding carboxylic acids is 1. The summed E-state index contributed by atoms with van der Waals surface area (Å²) < 4.78 is 0. The summed E-state index contributed by atoms with van der Waals surface area (Å²) in [5.41, 5.74) is 0. The third-order valence-electron chi connectivity index (χ3n) is 1.66. The van der Waals surface area contributed by atoms with Crippen molar-refractivity contribution >= 4 is 5.78 Å². The number of carbonyl (C=O) groups is 1. The van der Waals surface area contributed by atoms with E-state index < -0.39 is 0 Å². The fourth-order valence-electron chi connectivity index (χ4n) is 0.956. The molecule has 0 aliphatic heterocycles. The zero-order valence-electron chi connectivity index (χ0n) is 5.81. The van der Waals surface area contributed by atoms with Crippen molar-refractivity contribution in [2.24, 2.45) is 0 Å². The Morgan fingerprint density at radius 1 is 1.33 bits per heavy atom. The van der Waals surface area contributed by atoms with Crippen molar-refractivity contribution < 1.29 is 37.5 Å². The van der Waals surface area contributed by atoms with Gasteiger partial charge in [-0.25, -0.2) is 0 Å². The predicted molar refractivity (Wildman–Crippen MR) is 32.4 cm³/mol. The normalized spacial score (nSPS) is 21.2. The van der Waals surface area contributed by atoms with Crippen molar-refractivity contribution in [2.45, 2.75) is 32.6 Å². The third kappa shape index (κ3) is 3.47. The third-order valence-corrected chi connectivity index (χ3v) is 1.66. The molecule has 1 aliphatic carbocycles. The molecule has 1 rings (SSSR count). The maximum absolute atomic E-state index is 10.6. The monoisotopic (exact) mass is 200 g/mol. The quantitative estimate of drug-likeness (QED) is 0.544. The number of ketones is 1. The molecule has 0 aromatic carbocycles. The van der Waals surface area contributed by atoms with Gasteiger partial charge >= 0.3 is 0 Å². The summed E-state index contributed by atoms with van der Waals surface area (Å²) in [5.74, 6) is 1.93. The molecule has 0 aromatic heterocycles. The van der Waals surface area contributed by atoms with Gasteiger partial charge in [-0.2, -0.15) is 19.8 Å². The SMILES string of the molecule is C[C-]1CCC(=O)CC1.[Y]. The van der Waals surface area contributed by atoms with Crippen LogP contribution in [0.2, 0.25) is 0 Å². The second-order valence-electron chi connectivity index (χ2n) is 2.50. The van der Waals surface area contributed by atoms with Gasteiger partial charge in [0.1, 0.15) is 5.78 Å². The summed E-state index contributed by atoms with van der Waals surface area (Å²) in [6.45, 7) is 2.13. The molecule has 0 aromatic rings. The van der Waals surface area contributed by atoms with Crippen LogP contribution in [0.25, 0.3) is 0 Å². The standard InChI is InChI=1S/C7H11O.Y/c1-6-2-4-7(8)5-3-6;/h2-5H2,1H3;/q-1;. The van der Waals surface area contributed by atoms with Gasteiger partial charge in [-0.05, 0) is 12.8 Å². The van der Waals surface area contributed by atoms with Crippen LogP contribution in [0.15, 0.2) is 0 Å². The molecular formula is C7H11OY-. The van der Waals surface area contributed by atoms with Crippen molar-refractivity contribution in [1.82, 2.24) is 0 Å². The van der Waals surface area contributed by atoms with Crippen LogP contribution in [0, 0.1) is 5.92 Å². The van der Waals surface area contributed by atoms with Crippen LogP contribution in [-0.4, -0.2) is 5.78 Å². The smallest absolute Gasteiger partial charge is 0.127 e. The molecule has 1 aliphatic rings. The van der Waals surface area contributed by atoms with Crippen molar-refractivity contribution in [1.29, 1.82) is 0 Å². The first-order valence-electron chi connectivity index (χ1n) is 3.12. The van der Waals surface area contributed by atoms with E-state index >= 15 is 0 Å². The van der Waals surface area contributed by atoms with E-state index in [4.69, 9.17) is 0 Å². The van der Waals surface area contributed by atoms with Crippen molar-refractivity contribution in [3.05, 3.63) is 5.92 Å². The first-order chi connectivity index (χ1) is 3.79. The van der Waals surface area contributed by atoms with Crippen LogP contribution in [0.5, 0.6) is 0 Å². The maximum Gasteiger partial charge on any atom is 0.127 e. The zero-order valence-corrected chi connectivity index (χ0v) is 8.65. The molecule has 0 N–H and O–H groups in total. The summed E-state index contributed by atoms with van der Waals surface area (Å²) in [4.78, 5) is 10.6. The van der Waals surface area contributed by atoms with E-state index in [9.17, 15) is 4.79 Å². The second-order valence-corrected chi connectivity index (χ2v) is 2.50. The molecule has 0 spiro atoms. The molecule has 1 fully saturated rings.